The summed E-state index contributed by atoms with van der Waals surface area (Å²) in [4.78, 5) is 12.3. The van der Waals surface area contributed by atoms with E-state index in [4.69, 9.17) is 16.3 Å². The molecular formula is C16H17ClF3NO2. The molecule has 126 valence electrons. The SMILES string of the molecule is C=CCOc1ccc2c(c1)CCN(C(=O)C(F)(F)F)C(Cl)C2C. The maximum atomic E-state index is 12.7. The third kappa shape index (κ3) is 3.80. The van der Waals surface area contributed by atoms with Gasteiger partial charge in [0.15, 0.2) is 0 Å². The molecule has 23 heavy (non-hydrogen) atoms. The Kier molecular flexibility index (Phi) is 5.24. The summed E-state index contributed by atoms with van der Waals surface area (Å²) in [7, 11) is 0. The minimum absolute atomic E-state index is 0.0885. The predicted octanol–water partition coefficient (Wildman–Crippen LogP) is 3.87. The second-order valence-corrected chi connectivity index (χ2v) is 5.82. The molecule has 0 bridgehead atoms. The van der Waals surface area contributed by atoms with Crippen molar-refractivity contribution in [1.29, 1.82) is 0 Å². The van der Waals surface area contributed by atoms with Crippen LogP contribution in [0.25, 0.3) is 0 Å². The summed E-state index contributed by atoms with van der Waals surface area (Å²) < 4.78 is 43.6. The number of hydrogen-bond donors (Lipinski definition) is 0. The average Bonchev–Trinajstić information content (AvgIpc) is 2.62. The fourth-order valence-corrected chi connectivity index (χ4v) is 2.97. The largest absolute Gasteiger partial charge is 0.490 e. The number of rotatable bonds is 3. The molecule has 1 aliphatic rings. The summed E-state index contributed by atoms with van der Waals surface area (Å²) in [5, 5.41) is 0. The van der Waals surface area contributed by atoms with E-state index in [2.05, 4.69) is 6.58 Å². The van der Waals surface area contributed by atoms with Crippen molar-refractivity contribution in [1.82, 2.24) is 4.90 Å². The van der Waals surface area contributed by atoms with E-state index in [9.17, 15) is 18.0 Å². The van der Waals surface area contributed by atoms with Crippen LogP contribution in [-0.4, -0.2) is 35.6 Å². The Morgan fingerprint density at radius 1 is 1.52 bits per heavy atom. The van der Waals surface area contributed by atoms with E-state index >= 15 is 0 Å². The van der Waals surface area contributed by atoms with Crippen molar-refractivity contribution >= 4 is 17.5 Å². The van der Waals surface area contributed by atoms with Crippen molar-refractivity contribution in [3.05, 3.63) is 42.0 Å². The van der Waals surface area contributed by atoms with Crippen molar-refractivity contribution in [2.75, 3.05) is 13.2 Å². The highest BCUT2D eigenvalue weighted by Crippen LogP contribution is 2.35. The number of nitrogens with zero attached hydrogens (tertiary/aromatic N) is 1. The van der Waals surface area contributed by atoms with Gasteiger partial charge in [-0.3, -0.25) is 4.79 Å². The second kappa shape index (κ2) is 6.83. The van der Waals surface area contributed by atoms with Crippen LogP contribution < -0.4 is 4.74 Å². The summed E-state index contributed by atoms with van der Waals surface area (Å²) in [6, 6.07) is 5.31. The molecular weight excluding hydrogens is 331 g/mol. The van der Waals surface area contributed by atoms with Crippen LogP contribution in [0, 0.1) is 0 Å². The summed E-state index contributed by atoms with van der Waals surface area (Å²) in [5.41, 5.74) is 0.612. The normalized spacial score (nSPS) is 21.3. The topological polar surface area (TPSA) is 29.5 Å². The van der Waals surface area contributed by atoms with Crippen LogP contribution in [0.15, 0.2) is 30.9 Å². The number of amides is 1. The van der Waals surface area contributed by atoms with Gasteiger partial charge in [0.1, 0.15) is 17.9 Å². The highest BCUT2D eigenvalue weighted by molar-refractivity contribution is 6.22. The number of benzene rings is 1. The Hall–Kier alpha value is -1.69. The number of fused-ring (bicyclic) bond motifs is 1. The molecule has 1 aliphatic heterocycles. The first-order valence-electron chi connectivity index (χ1n) is 7.14. The lowest BCUT2D eigenvalue weighted by atomic mass is 9.95. The van der Waals surface area contributed by atoms with E-state index in [1.165, 1.54) is 0 Å². The summed E-state index contributed by atoms with van der Waals surface area (Å²) in [5.74, 6) is -1.72. The van der Waals surface area contributed by atoms with Crippen molar-refractivity contribution < 1.29 is 22.7 Å². The molecule has 1 aromatic rings. The van der Waals surface area contributed by atoms with Gasteiger partial charge < -0.3 is 9.64 Å². The van der Waals surface area contributed by atoms with Gasteiger partial charge in [0.25, 0.3) is 0 Å². The molecule has 1 aromatic carbocycles. The van der Waals surface area contributed by atoms with Crippen LogP contribution in [0.5, 0.6) is 5.75 Å². The van der Waals surface area contributed by atoms with Crippen LogP contribution >= 0.6 is 11.6 Å². The van der Waals surface area contributed by atoms with E-state index in [1.54, 1.807) is 31.2 Å². The Morgan fingerprint density at radius 2 is 2.22 bits per heavy atom. The van der Waals surface area contributed by atoms with Crippen molar-refractivity contribution in [3.63, 3.8) is 0 Å². The standard InChI is InChI=1S/C16H17ClF3NO2/c1-3-8-23-12-4-5-13-10(2)14(17)21(7-6-11(13)9-12)15(22)16(18,19)20/h3-5,9-10,14H,1,6-8H2,2H3. The number of carbonyl (C=O) groups is 1. The molecule has 0 N–H and O–H groups in total. The summed E-state index contributed by atoms with van der Waals surface area (Å²) in [6.45, 7) is 5.52. The molecule has 2 unspecified atom stereocenters. The predicted molar refractivity (Wildman–Crippen MR) is 81.7 cm³/mol. The highest BCUT2D eigenvalue weighted by Gasteiger charge is 2.46. The minimum Gasteiger partial charge on any atom is -0.490 e. The quantitative estimate of drug-likeness (QED) is 0.472. The van der Waals surface area contributed by atoms with Crippen molar-refractivity contribution in [2.24, 2.45) is 0 Å². The first-order valence-corrected chi connectivity index (χ1v) is 7.57. The molecule has 1 heterocycles. The Morgan fingerprint density at radius 3 is 2.83 bits per heavy atom. The molecule has 0 saturated heterocycles. The van der Waals surface area contributed by atoms with Crippen LogP contribution in [0.1, 0.15) is 24.0 Å². The van der Waals surface area contributed by atoms with Crippen LogP contribution in [-0.2, 0) is 11.2 Å². The third-order valence-electron chi connectivity index (χ3n) is 3.81. The van der Waals surface area contributed by atoms with E-state index in [-0.39, 0.29) is 13.0 Å². The van der Waals surface area contributed by atoms with E-state index in [0.29, 0.717) is 17.3 Å². The van der Waals surface area contributed by atoms with Gasteiger partial charge >= 0.3 is 12.1 Å². The van der Waals surface area contributed by atoms with Crippen LogP contribution in [0.2, 0.25) is 0 Å². The number of halogens is 4. The van der Waals surface area contributed by atoms with Crippen molar-refractivity contribution in [2.45, 2.75) is 30.9 Å². The zero-order chi connectivity index (χ0) is 17.2. The summed E-state index contributed by atoms with van der Waals surface area (Å²) >= 11 is 6.15. The maximum absolute atomic E-state index is 12.7. The molecule has 1 amide bonds. The first-order chi connectivity index (χ1) is 10.8. The van der Waals surface area contributed by atoms with Gasteiger partial charge in [0, 0.05) is 12.5 Å². The highest BCUT2D eigenvalue weighted by atomic mass is 35.5. The maximum Gasteiger partial charge on any atom is 0.471 e. The van der Waals surface area contributed by atoms with E-state index in [0.717, 1.165) is 11.1 Å². The van der Waals surface area contributed by atoms with Gasteiger partial charge in [-0.1, -0.05) is 37.2 Å². The lowest BCUT2D eigenvalue weighted by Crippen LogP contribution is -2.46. The summed E-state index contributed by atoms with van der Waals surface area (Å²) in [6.07, 6.45) is -3.04. The molecule has 3 nitrogen and oxygen atoms in total. The molecule has 2 atom stereocenters. The van der Waals surface area contributed by atoms with Crippen molar-refractivity contribution in [3.8, 4) is 5.75 Å². The van der Waals surface area contributed by atoms with Gasteiger partial charge in [0.2, 0.25) is 0 Å². The molecule has 0 aliphatic carbocycles. The fourth-order valence-electron chi connectivity index (χ4n) is 2.65. The van der Waals surface area contributed by atoms with E-state index in [1.807, 2.05) is 0 Å². The Bertz CT molecular complexity index is 603. The molecule has 7 heteroatoms. The van der Waals surface area contributed by atoms with Gasteiger partial charge in [-0.15, -0.1) is 0 Å². The second-order valence-electron chi connectivity index (χ2n) is 5.37. The van der Waals surface area contributed by atoms with Gasteiger partial charge in [-0.05, 0) is 29.7 Å². The van der Waals surface area contributed by atoms with Gasteiger partial charge in [-0.25, -0.2) is 0 Å². The molecule has 0 aromatic heterocycles. The van der Waals surface area contributed by atoms with Gasteiger partial charge in [-0.2, -0.15) is 13.2 Å². The molecule has 0 radical (unpaired) electrons. The van der Waals surface area contributed by atoms with Gasteiger partial charge in [0.05, 0.1) is 0 Å². The lowest BCUT2D eigenvalue weighted by Gasteiger charge is -2.29. The number of hydrogen-bond acceptors (Lipinski definition) is 2. The Labute approximate surface area is 137 Å². The first kappa shape index (κ1) is 17.7. The number of ether oxygens (including phenoxy) is 1. The average molecular weight is 348 g/mol. The lowest BCUT2D eigenvalue weighted by molar-refractivity contribution is -0.186. The monoisotopic (exact) mass is 347 g/mol. The fraction of sp³-hybridized carbons (Fsp3) is 0.438. The number of alkyl halides is 4. The zero-order valence-electron chi connectivity index (χ0n) is 12.6. The minimum atomic E-state index is -4.93. The smallest absolute Gasteiger partial charge is 0.471 e. The molecule has 0 saturated carbocycles. The molecule has 0 spiro atoms. The van der Waals surface area contributed by atoms with Crippen LogP contribution in [0.4, 0.5) is 13.2 Å². The number of carbonyl (C=O) groups excluding carboxylic acids is 1. The van der Waals surface area contributed by atoms with Crippen LogP contribution in [0.3, 0.4) is 0 Å². The van der Waals surface area contributed by atoms with E-state index < -0.39 is 23.5 Å². The Balaban J connectivity index is 2.29. The zero-order valence-corrected chi connectivity index (χ0v) is 13.3. The molecule has 0 fully saturated rings. The molecule has 2 rings (SSSR count). The third-order valence-corrected chi connectivity index (χ3v) is 4.42.